The zero-order chi connectivity index (χ0) is 14.2. The molecule has 3 nitrogen and oxygen atoms in total. The zero-order valence-corrected chi connectivity index (χ0v) is 12.3. The summed E-state index contributed by atoms with van der Waals surface area (Å²) in [5.74, 6) is 1.32. The highest BCUT2D eigenvalue weighted by atomic mass is 16.5. The van der Waals surface area contributed by atoms with Crippen molar-refractivity contribution in [3.8, 4) is 11.8 Å². The molecule has 106 valence electrons. The molecular formula is C17H22N2O. The van der Waals surface area contributed by atoms with Gasteiger partial charge in [-0.3, -0.25) is 5.32 Å². The Labute approximate surface area is 120 Å². The molecule has 20 heavy (non-hydrogen) atoms. The van der Waals surface area contributed by atoms with E-state index in [9.17, 15) is 5.26 Å². The van der Waals surface area contributed by atoms with Crippen LogP contribution in [-0.2, 0) is 0 Å². The van der Waals surface area contributed by atoms with Crippen LogP contribution >= 0.6 is 0 Å². The third-order valence-corrected chi connectivity index (χ3v) is 4.46. The molecule has 2 saturated carbocycles. The Morgan fingerprint density at radius 3 is 2.55 bits per heavy atom. The second-order valence-corrected chi connectivity index (χ2v) is 6.31. The van der Waals surface area contributed by atoms with Crippen LogP contribution in [0.4, 0.5) is 0 Å². The lowest BCUT2D eigenvalue weighted by molar-refractivity contribution is 0.200. The number of nitrogens with zero attached hydrogens (tertiary/aromatic N) is 1. The van der Waals surface area contributed by atoms with Gasteiger partial charge in [-0.15, -0.1) is 0 Å². The normalized spacial score (nSPS) is 21.1. The summed E-state index contributed by atoms with van der Waals surface area (Å²) in [6.45, 7) is 4.63. The maximum atomic E-state index is 9.65. The number of hydrogen-bond donors (Lipinski definition) is 1. The van der Waals surface area contributed by atoms with Gasteiger partial charge in [0.15, 0.2) is 0 Å². The fourth-order valence-corrected chi connectivity index (χ4v) is 2.60. The van der Waals surface area contributed by atoms with E-state index in [1.54, 1.807) is 0 Å². The molecule has 1 atom stereocenters. The first-order chi connectivity index (χ1) is 9.63. The zero-order valence-electron chi connectivity index (χ0n) is 12.3. The van der Waals surface area contributed by atoms with E-state index in [0.717, 1.165) is 18.6 Å². The summed E-state index contributed by atoms with van der Waals surface area (Å²) in [4.78, 5) is 0. The average Bonchev–Trinajstić information content (AvgIpc) is 3.31. The van der Waals surface area contributed by atoms with Crippen LogP contribution in [-0.4, -0.2) is 18.2 Å². The second kappa shape index (κ2) is 5.10. The lowest BCUT2D eigenvalue weighted by Crippen LogP contribution is -2.52. The smallest absolute Gasteiger partial charge is 0.144 e. The van der Waals surface area contributed by atoms with Crippen LogP contribution in [0.5, 0.6) is 5.75 Å². The van der Waals surface area contributed by atoms with Gasteiger partial charge in [0, 0.05) is 6.04 Å². The Morgan fingerprint density at radius 2 is 2.00 bits per heavy atom. The van der Waals surface area contributed by atoms with Crippen molar-refractivity contribution in [1.29, 1.82) is 5.26 Å². The van der Waals surface area contributed by atoms with Gasteiger partial charge in [0.2, 0.25) is 0 Å². The van der Waals surface area contributed by atoms with Crippen molar-refractivity contribution in [3.05, 3.63) is 29.3 Å². The first kappa shape index (κ1) is 13.5. The molecule has 3 heteroatoms. The molecule has 2 aliphatic rings. The number of rotatable bonds is 6. The second-order valence-electron chi connectivity index (χ2n) is 6.31. The van der Waals surface area contributed by atoms with Crippen LogP contribution in [0.25, 0.3) is 0 Å². The van der Waals surface area contributed by atoms with Crippen molar-refractivity contribution < 1.29 is 4.74 Å². The number of nitrogens with one attached hydrogen (secondary N) is 1. The van der Waals surface area contributed by atoms with Gasteiger partial charge in [-0.2, -0.15) is 5.26 Å². The molecule has 0 amide bonds. The van der Waals surface area contributed by atoms with Gasteiger partial charge in [0.05, 0.1) is 6.07 Å². The van der Waals surface area contributed by atoms with Gasteiger partial charge < -0.3 is 4.74 Å². The van der Waals surface area contributed by atoms with Crippen LogP contribution in [0.1, 0.15) is 36.8 Å². The molecule has 3 rings (SSSR count). The Bertz CT molecular complexity index is 540. The lowest BCUT2D eigenvalue weighted by Gasteiger charge is -2.28. The van der Waals surface area contributed by atoms with E-state index < -0.39 is 5.54 Å². The van der Waals surface area contributed by atoms with Gasteiger partial charge in [-0.05, 0) is 68.7 Å². The number of nitriles is 1. The van der Waals surface area contributed by atoms with E-state index >= 15 is 0 Å². The lowest BCUT2D eigenvalue weighted by atomic mass is 9.96. The molecule has 0 aliphatic heterocycles. The third kappa shape index (κ3) is 2.81. The van der Waals surface area contributed by atoms with E-state index in [0.29, 0.717) is 18.6 Å². The first-order valence-corrected chi connectivity index (χ1v) is 7.52. The van der Waals surface area contributed by atoms with Gasteiger partial charge in [0.1, 0.15) is 17.9 Å². The van der Waals surface area contributed by atoms with E-state index in [1.165, 1.54) is 24.0 Å². The highest BCUT2D eigenvalue weighted by molar-refractivity contribution is 5.34. The van der Waals surface area contributed by atoms with Crippen LogP contribution in [0.15, 0.2) is 18.2 Å². The van der Waals surface area contributed by atoms with Crippen LogP contribution in [0.2, 0.25) is 0 Å². The molecule has 0 saturated heterocycles. The standard InChI is InChI=1S/C17H22N2O/c1-12-3-8-16(9-13(12)2)20-11-17(10-18,14-4-5-14)19-15-6-7-15/h3,8-9,14-15,19H,4-7,11H2,1-2H3. The Hall–Kier alpha value is -1.53. The SMILES string of the molecule is Cc1ccc(OCC(C#N)(NC2CC2)C2CC2)cc1C. The summed E-state index contributed by atoms with van der Waals surface area (Å²) in [5.41, 5.74) is 2.01. The highest BCUT2D eigenvalue weighted by Crippen LogP contribution is 2.41. The number of hydrogen-bond acceptors (Lipinski definition) is 3. The Balaban J connectivity index is 1.69. The van der Waals surface area contributed by atoms with E-state index in [4.69, 9.17) is 4.74 Å². The summed E-state index contributed by atoms with van der Waals surface area (Å²) in [6, 6.07) is 9.16. The molecule has 0 bridgehead atoms. The van der Waals surface area contributed by atoms with E-state index in [2.05, 4.69) is 37.4 Å². The van der Waals surface area contributed by atoms with Crippen molar-refractivity contribution in [1.82, 2.24) is 5.32 Å². The monoisotopic (exact) mass is 270 g/mol. The van der Waals surface area contributed by atoms with Gasteiger partial charge in [-0.1, -0.05) is 6.07 Å². The molecule has 1 unspecified atom stereocenters. The van der Waals surface area contributed by atoms with Crippen molar-refractivity contribution in [3.63, 3.8) is 0 Å². The van der Waals surface area contributed by atoms with Crippen LogP contribution in [0, 0.1) is 31.1 Å². The minimum absolute atomic E-state index is 0.452. The molecule has 0 heterocycles. The van der Waals surface area contributed by atoms with Crippen molar-refractivity contribution in [2.24, 2.45) is 5.92 Å². The predicted molar refractivity (Wildman–Crippen MR) is 78.6 cm³/mol. The molecule has 1 aromatic carbocycles. The van der Waals surface area contributed by atoms with Crippen LogP contribution < -0.4 is 10.1 Å². The van der Waals surface area contributed by atoms with Gasteiger partial charge in [0.25, 0.3) is 0 Å². The molecule has 2 fully saturated rings. The predicted octanol–water partition coefficient (Wildman–Crippen LogP) is 3.11. The molecule has 0 radical (unpaired) electrons. The maximum absolute atomic E-state index is 9.65. The molecule has 2 aliphatic carbocycles. The van der Waals surface area contributed by atoms with Crippen molar-refractivity contribution in [2.45, 2.75) is 51.1 Å². The minimum Gasteiger partial charge on any atom is -0.491 e. The summed E-state index contributed by atoms with van der Waals surface area (Å²) < 4.78 is 5.94. The topological polar surface area (TPSA) is 45.0 Å². The molecule has 0 aromatic heterocycles. The maximum Gasteiger partial charge on any atom is 0.144 e. The van der Waals surface area contributed by atoms with Crippen molar-refractivity contribution >= 4 is 0 Å². The number of aryl methyl sites for hydroxylation is 2. The Morgan fingerprint density at radius 1 is 1.25 bits per heavy atom. The molecule has 1 N–H and O–H groups in total. The summed E-state index contributed by atoms with van der Waals surface area (Å²) in [6.07, 6.45) is 4.67. The average molecular weight is 270 g/mol. The summed E-state index contributed by atoms with van der Waals surface area (Å²) in [5, 5.41) is 13.2. The van der Waals surface area contributed by atoms with Crippen molar-refractivity contribution in [2.75, 3.05) is 6.61 Å². The quantitative estimate of drug-likeness (QED) is 0.864. The van der Waals surface area contributed by atoms with E-state index in [1.807, 2.05) is 6.07 Å². The number of ether oxygens (including phenoxy) is 1. The fraction of sp³-hybridized carbons (Fsp3) is 0.588. The largest absolute Gasteiger partial charge is 0.491 e. The number of benzene rings is 1. The summed E-state index contributed by atoms with van der Waals surface area (Å²) >= 11 is 0. The Kier molecular flexibility index (Phi) is 3.43. The van der Waals surface area contributed by atoms with Crippen LogP contribution in [0.3, 0.4) is 0 Å². The molecule has 1 aromatic rings. The highest BCUT2D eigenvalue weighted by Gasteiger charge is 2.49. The first-order valence-electron chi connectivity index (χ1n) is 7.52. The minimum atomic E-state index is -0.486. The third-order valence-electron chi connectivity index (χ3n) is 4.46. The molecule has 0 spiro atoms. The van der Waals surface area contributed by atoms with Gasteiger partial charge >= 0.3 is 0 Å². The van der Waals surface area contributed by atoms with Gasteiger partial charge in [-0.25, -0.2) is 0 Å². The fourth-order valence-electron chi connectivity index (χ4n) is 2.60. The molecular weight excluding hydrogens is 248 g/mol. The van der Waals surface area contributed by atoms with E-state index in [-0.39, 0.29) is 0 Å². The summed E-state index contributed by atoms with van der Waals surface area (Å²) in [7, 11) is 0.